The molecule has 96 valence electrons. The van der Waals surface area contributed by atoms with E-state index >= 15 is 0 Å². The lowest BCUT2D eigenvalue weighted by atomic mass is 9.85. The highest BCUT2D eigenvalue weighted by Gasteiger charge is 2.23. The molecule has 2 rings (SSSR count). The van der Waals surface area contributed by atoms with Crippen LogP contribution in [0.5, 0.6) is 0 Å². The van der Waals surface area contributed by atoms with Crippen molar-refractivity contribution in [3.8, 4) is 0 Å². The van der Waals surface area contributed by atoms with Crippen LogP contribution in [0.1, 0.15) is 25.3 Å². The Labute approximate surface area is 108 Å². The number of benzene rings is 2. The number of rotatable bonds is 4. The molecule has 2 aromatic carbocycles. The van der Waals surface area contributed by atoms with Crippen molar-refractivity contribution in [2.45, 2.75) is 25.9 Å². The largest absolute Gasteiger partial charge is 0.392 e. The molecule has 0 saturated carbocycles. The zero-order valence-electron chi connectivity index (χ0n) is 11.0. The maximum atomic E-state index is 10.3. The predicted octanol–water partition coefficient (Wildman–Crippen LogP) is 2.90. The molecule has 0 spiro atoms. The van der Waals surface area contributed by atoms with Crippen molar-refractivity contribution in [3.05, 3.63) is 48.0 Å². The second-order valence-corrected chi connectivity index (χ2v) is 5.15. The van der Waals surface area contributed by atoms with E-state index in [4.69, 9.17) is 5.73 Å². The summed E-state index contributed by atoms with van der Waals surface area (Å²) in [6.45, 7) is 4.52. The molecular weight excluding hydrogens is 222 g/mol. The molecule has 0 radical (unpaired) electrons. The zero-order valence-corrected chi connectivity index (χ0v) is 11.0. The Morgan fingerprint density at radius 1 is 1.06 bits per heavy atom. The smallest absolute Gasteiger partial charge is 0.0643 e. The highest BCUT2D eigenvalue weighted by atomic mass is 16.3. The van der Waals surface area contributed by atoms with Crippen LogP contribution in [-0.2, 0) is 0 Å². The third-order valence-corrected chi connectivity index (χ3v) is 3.57. The Morgan fingerprint density at radius 3 is 2.39 bits per heavy atom. The van der Waals surface area contributed by atoms with Crippen LogP contribution >= 0.6 is 0 Å². The van der Waals surface area contributed by atoms with Gasteiger partial charge in [0.25, 0.3) is 0 Å². The minimum atomic E-state index is -0.402. The van der Waals surface area contributed by atoms with E-state index in [9.17, 15) is 5.11 Å². The van der Waals surface area contributed by atoms with E-state index in [0.717, 1.165) is 5.56 Å². The van der Waals surface area contributed by atoms with Crippen molar-refractivity contribution in [3.63, 3.8) is 0 Å². The lowest BCUT2D eigenvalue weighted by molar-refractivity contribution is 0.0990. The molecule has 0 amide bonds. The summed E-state index contributed by atoms with van der Waals surface area (Å²) in [5.41, 5.74) is 7.02. The van der Waals surface area contributed by atoms with Crippen molar-refractivity contribution in [2.75, 3.05) is 6.54 Å². The summed E-state index contributed by atoms with van der Waals surface area (Å²) < 4.78 is 0. The number of hydrogen-bond acceptors (Lipinski definition) is 2. The Hall–Kier alpha value is -1.38. The van der Waals surface area contributed by atoms with Gasteiger partial charge in [-0.1, -0.05) is 56.3 Å². The first-order valence-electron chi connectivity index (χ1n) is 6.51. The average Bonchev–Trinajstić information content (AvgIpc) is 2.39. The van der Waals surface area contributed by atoms with Crippen molar-refractivity contribution >= 4 is 10.8 Å². The normalized spacial score (nSPS) is 14.9. The van der Waals surface area contributed by atoms with E-state index in [1.165, 1.54) is 10.8 Å². The average molecular weight is 243 g/mol. The summed E-state index contributed by atoms with van der Waals surface area (Å²) in [5, 5.41) is 12.7. The molecule has 0 aliphatic rings. The van der Waals surface area contributed by atoms with Crippen LogP contribution in [0.15, 0.2) is 42.5 Å². The van der Waals surface area contributed by atoms with Gasteiger partial charge in [0.2, 0.25) is 0 Å². The second kappa shape index (κ2) is 5.51. The first-order valence-corrected chi connectivity index (χ1v) is 6.51. The number of aliphatic hydroxyl groups is 1. The van der Waals surface area contributed by atoms with Gasteiger partial charge in [-0.2, -0.15) is 0 Å². The summed E-state index contributed by atoms with van der Waals surface area (Å²) in [7, 11) is 0. The SMILES string of the molecule is CC(C)[C@H](O)C(CN)c1cccc2ccccc12. The fourth-order valence-electron chi connectivity index (χ4n) is 2.49. The molecule has 0 heterocycles. The maximum Gasteiger partial charge on any atom is 0.0643 e. The van der Waals surface area contributed by atoms with Gasteiger partial charge in [-0.15, -0.1) is 0 Å². The standard InChI is InChI=1S/C16H21NO/c1-11(2)16(18)15(10-17)14-9-5-7-12-6-3-4-8-13(12)14/h3-9,11,15-16,18H,10,17H2,1-2H3/t15?,16-/m0/s1. The molecule has 0 aliphatic heterocycles. The fraction of sp³-hybridized carbons (Fsp3) is 0.375. The van der Waals surface area contributed by atoms with Crippen molar-refractivity contribution in [1.82, 2.24) is 0 Å². The first kappa shape index (κ1) is 13.1. The third-order valence-electron chi connectivity index (χ3n) is 3.57. The van der Waals surface area contributed by atoms with Gasteiger partial charge < -0.3 is 10.8 Å². The van der Waals surface area contributed by atoms with Crippen molar-refractivity contribution < 1.29 is 5.11 Å². The van der Waals surface area contributed by atoms with Gasteiger partial charge >= 0.3 is 0 Å². The molecular formula is C16H21NO. The Morgan fingerprint density at radius 2 is 1.72 bits per heavy atom. The summed E-state index contributed by atoms with van der Waals surface area (Å²) in [6.07, 6.45) is -0.402. The van der Waals surface area contributed by atoms with Crippen LogP contribution in [0.3, 0.4) is 0 Å². The molecule has 2 atom stereocenters. The Balaban J connectivity index is 2.51. The van der Waals surface area contributed by atoms with E-state index < -0.39 is 6.10 Å². The van der Waals surface area contributed by atoms with Crippen molar-refractivity contribution in [2.24, 2.45) is 11.7 Å². The van der Waals surface area contributed by atoms with Gasteiger partial charge in [0.1, 0.15) is 0 Å². The summed E-state index contributed by atoms with van der Waals surface area (Å²) in [4.78, 5) is 0. The van der Waals surface area contributed by atoms with Gasteiger partial charge in [-0.25, -0.2) is 0 Å². The number of nitrogens with two attached hydrogens (primary N) is 1. The van der Waals surface area contributed by atoms with E-state index in [1.54, 1.807) is 0 Å². The summed E-state index contributed by atoms with van der Waals surface area (Å²) in [6, 6.07) is 14.4. The molecule has 2 heteroatoms. The monoisotopic (exact) mass is 243 g/mol. The predicted molar refractivity (Wildman–Crippen MR) is 76.6 cm³/mol. The summed E-state index contributed by atoms with van der Waals surface area (Å²) >= 11 is 0. The molecule has 2 aromatic rings. The van der Waals surface area contributed by atoms with E-state index in [0.29, 0.717) is 6.54 Å². The molecule has 1 unspecified atom stereocenters. The van der Waals surface area contributed by atoms with Gasteiger partial charge in [0.05, 0.1) is 6.10 Å². The third kappa shape index (κ3) is 2.40. The minimum absolute atomic E-state index is 0.00361. The van der Waals surface area contributed by atoms with Crippen LogP contribution in [0, 0.1) is 5.92 Å². The van der Waals surface area contributed by atoms with E-state index in [-0.39, 0.29) is 11.8 Å². The lowest BCUT2D eigenvalue weighted by Crippen LogP contribution is -2.30. The molecule has 18 heavy (non-hydrogen) atoms. The zero-order chi connectivity index (χ0) is 13.1. The highest BCUT2D eigenvalue weighted by Crippen LogP contribution is 2.29. The molecule has 0 aromatic heterocycles. The van der Waals surface area contributed by atoms with Crippen molar-refractivity contribution in [1.29, 1.82) is 0 Å². The van der Waals surface area contributed by atoms with Crippen LogP contribution in [0.25, 0.3) is 10.8 Å². The maximum absolute atomic E-state index is 10.3. The lowest BCUT2D eigenvalue weighted by Gasteiger charge is -2.26. The first-order chi connectivity index (χ1) is 8.65. The fourth-order valence-corrected chi connectivity index (χ4v) is 2.49. The molecule has 2 nitrogen and oxygen atoms in total. The summed E-state index contributed by atoms with van der Waals surface area (Å²) in [5.74, 6) is 0.202. The quantitative estimate of drug-likeness (QED) is 0.867. The topological polar surface area (TPSA) is 46.2 Å². The molecule has 0 aliphatic carbocycles. The van der Waals surface area contributed by atoms with E-state index in [1.807, 2.05) is 32.0 Å². The van der Waals surface area contributed by atoms with Gasteiger partial charge in [0.15, 0.2) is 0 Å². The van der Waals surface area contributed by atoms with Crippen LogP contribution in [-0.4, -0.2) is 17.8 Å². The minimum Gasteiger partial charge on any atom is -0.392 e. The Kier molecular flexibility index (Phi) is 4.00. The molecule has 0 bridgehead atoms. The second-order valence-electron chi connectivity index (χ2n) is 5.15. The van der Waals surface area contributed by atoms with Gasteiger partial charge in [-0.3, -0.25) is 0 Å². The highest BCUT2D eigenvalue weighted by molar-refractivity contribution is 5.86. The number of hydrogen-bond donors (Lipinski definition) is 2. The van der Waals surface area contributed by atoms with Gasteiger partial charge in [-0.05, 0) is 22.3 Å². The number of fused-ring (bicyclic) bond motifs is 1. The van der Waals surface area contributed by atoms with Crippen LogP contribution in [0.2, 0.25) is 0 Å². The molecule has 3 N–H and O–H groups in total. The Bertz CT molecular complexity index is 516. The van der Waals surface area contributed by atoms with E-state index in [2.05, 4.69) is 24.3 Å². The van der Waals surface area contributed by atoms with Crippen LogP contribution in [0.4, 0.5) is 0 Å². The number of aliphatic hydroxyl groups excluding tert-OH is 1. The molecule has 0 saturated heterocycles. The van der Waals surface area contributed by atoms with Crippen LogP contribution < -0.4 is 5.73 Å². The van der Waals surface area contributed by atoms with Gasteiger partial charge in [0, 0.05) is 12.5 Å². The molecule has 0 fully saturated rings.